The average Bonchev–Trinajstić information content (AvgIpc) is 3.07. The van der Waals surface area contributed by atoms with E-state index in [1.54, 1.807) is 44.2 Å². The summed E-state index contributed by atoms with van der Waals surface area (Å²) in [6, 6.07) is 16.9. The Morgan fingerprint density at radius 3 is 2.50 bits per heavy atom. The zero-order chi connectivity index (χ0) is 22.9. The zero-order valence-corrected chi connectivity index (χ0v) is 18.1. The first kappa shape index (κ1) is 22.8. The molecule has 0 saturated heterocycles. The minimum atomic E-state index is -0.597. The Labute approximate surface area is 187 Å². The Bertz CT molecular complexity index is 1050. The fourth-order valence-corrected chi connectivity index (χ4v) is 3.15. The van der Waals surface area contributed by atoms with Gasteiger partial charge in [-0.15, -0.1) is 0 Å². The predicted molar refractivity (Wildman–Crippen MR) is 122 cm³/mol. The van der Waals surface area contributed by atoms with Crippen molar-refractivity contribution >= 4 is 23.7 Å². The van der Waals surface area contributed by atoms with Crippen LogP contribution in [0.25, 0.3) is 6.08 Å². The second kappa shape index (κ2) is 10.9. The van der Waals surface area contributed by atoms with E-state index >= 15 is 0 Å². The molecule has 166 valence electrons. The quantitative estimate of drug-likeness (QED) is 0.588. The second-order valence-electron chi connectivity index (χ2n) is 7.11. The molecule has 0 spiro atoms. The van der Waals surface area contributed by atoms with Crippen LogP contribution in [0, 0.1) is 0 Å². The molecule has 2 N–H and O–H groups in total. The predicted octanol–water partition coefficient (Wildman–Crippen LogP) is 3.61. The van der Waals surface area contributed by atoms with Crippen molar-refractivity contribution in [1.82, 2.24) is 5.32 Å². The molecule has 0 aromatic heterocycles. The Morgan fingerprint density at radius 1 is 1.09 bits per heavy atom. The SMILES string of the molecule is CCOC(=O)C1=C(O)/C(=C\c2ccc(OCC(=O)NCCc3ccccc3)cc2)N=C1C. The van der Waals surface area contributed by atoms with Gasteiger partial charge in [0.25, 0.3) is 5.91 Å². The molecule has 2 aromatic rings. The van der Waals surface area contributed by atoms with Crippen LogP contribution in [0.3, 0.4) is 0 Å². The molecule has 7 heteroatoms. The molecule has 0 aliphatic carbocycles. The summed E-state index contributed by atoms with van der Waals surface area (Å²) in [5.41, 5.74) is 2.70. The number of hydrogen-bond donors (Lipinski definition) is 2. The largest absolute Gasteiger partial charge is 0.505 e. The van der Waals surface area contributed by atoms with Gasteiger partial charge in [0.15, 0.2) is 12.4 Å². The van der Waals surface area contributed by atoms with E-state index in [1.807, 2.05) is 30.3 Å². The molecule has 3 rings (SSSR count). The third kappa shape index (κ3) is 6.07. The van der Waals surface area contributed by atoms with Gasteiger partial charge in [-0.05, 0) is 49.6 Å². The maximum Gasteiger partial charge on any atom is 0.343 e. The average molecular weight is 434 g/mol. The molecular weight excluding hydrogens is 408 g/mol. The topological polar surface area (TPSA) is 97.2 Å². The first-order valence-electron chi connectivity index (χ1n) is 10.4. The third-order valence-electron chi connectivity index (χ3n) is 4.74. The van der Waals surface area contributed by atoms with Crippen molar-refractivity contribution in [1.29, 1.82) is 0 Å². The summed E-state index contributed by atoms with van der Waals surface area (Å²) in [5.74, 6) is -0.443. The van der Waals surface area contributed by atoms with E-state index < -0.39 is 5.97 Å². The minimum Gasteiger partial charge on any atom is -0.505 e. The highest BCUT2D eigenvalue weighted by atomic mass is 16.5. The molecule has 2 aromatic carbocycles. The lowest BCUT2D eigenvalue weighted by atomic mass is 10.1. The number of amides is 1. The van der Waals surface area contributed by atoms with Crippen molar-refractivity contribution in [3.05, 3.63) is 82.8 Å². The van der Waals surface area contributed by atoms with Crippen LogP contribution in [0.2, 0.25) is 0 Å². The maximum absolute atomic E-state index is 12.0. The second-order valence-corrected chi connectivity index (χ2v) is 7.11. The number of nitrogens with zero attached hydrogens (tertiary/aromatic N) is 1. The highest BCUT2D eigenvalue weighted by Gasteiger charge is 2.27. The summed E-state index contributed by atoms with van der Waals surface area (Å²) < 4.78 is 10.5. The molecule has 32 heavy (non-hydrogen) atoms. The number of benzene rings is 2. The molecule has 0 bridgehead atoms. The molecular formula is C25H26N2O5. The van der Waals surface area contributed by atoms with Gasteiger partial charge in [-0.3, -0.25) is 4.79 Å². The smallest absolute Gasteiger partial charge is 0.343 e. The number of aliphatic hydroxyl groups is 1. The number of carbonyl (C=O) groups excluding carboxylic acids is 2. The van der Waals surface area contributed by atoms with Gasteiger partial charge >= 0.3 is 5.97 Å². The summed E-state index contributed by atoms with van der Waals surface area (Å²) in [4.78, 5) is 28.2. The number of ether oxygens (including phenoxy) is 2. The molecule has 1 aliphatic rings. The monoisotopic (exact) mass is 434 g/mol. The number of carbonyl (C=O) groups is 2. The van der Waals surface area contributed by atoms with E-state index in [1.165, 1.54) is 0 Å². The number of aliphatic imine (C=N–C) groups is 1. The fraction of sp³-hybridized carbons (Fsp3) is 0.240. The van der Waals surface area contributed by atoms with Gasteiger partial charge in [0.1, 0.15) is 17.0 Å². The molecule has 0 radical (unpaired) electrons. The highest BCUT2D eigenvalue weighted by molar-refractivity contribution is 6.22. The maximum atomic E-state index is 12.0. The molecule has 0 unspecified atom stereocenters. The van der Waals surface area contributed by atoms with E-state index in [2.05, 4.69) is 10.3 Å². The molecule has 7 nitrogen and oxygen atoms in total. The van der Waals surface area contributed by atoms with Crippen molar-refractivity contribution in [2.45, 2.75) is 20.3 Å². The van der Waals surface area contributed by atoms with Crippen LogP contribution in [0.5, 0.6) is 5.75 Å². The number of esters is 1. The van der Waals surface area contributed by atoms with Crippen LogP contribution in [0.4, 0.5) is 0 Å². The van der Waals surface area contributed by atoms with Gasteiger partial charge in [0.05, 0.1) is 12.3 Å². The minimum absolute atomic E-state index is 0.0782. The third-order valence-corrected chi connectivity index (χ3v) is 4.74. The summed E-state index contributed by atoms with van der Waals surface area (Å²) >= 11 is 0. The summed E-state index contributed by atoms with van der Waals surface area (Å²) in [7, 11) is 0. The van der Waals surface area contributed by atoms with Crippen molar-refractivity contribution in [2.75, 3.05) is 19.8 Å². The van der Waals surface area contributed by atoms with Gasteiger partial charge in [-0.2, -0.15) is 0 Å². The highest BCUT2D eigenvalue weighted by Crippen LogP contribution is 2.26. The van der Waals surface area contributed by atoms with Crippen LogP contribution in [-0.4, -0.2) is 42.5 Å². The summed E-state index contributed by atoms with van der Waals surface area (Å²) in [5, 5.41) is 13.2. The lowest BCUT2D eigenvalue weighted by molar-refractivity contribution is -0.138. The Morgan fingerprint density at radius 2 is 1.81 bits per heavy atom. The van der Waals surface area contributed by atoms with Gasteiger partial charge in [-0.1, -0.05) is 42.5 Å². The van der Waals surface area contributed by atoms with Crippen LogP contribution in [0.15, 0.2) is 76.6 Å². The van der Waals surface area contributed by atoms with E-state index in [4.69, 9.17) is 9.47 Å². The molecule has 0 fully saturated rings. The molecule has 1 heterocycles. The first-order valence-corrected chi connectivity index (χ1v) is 10.4. The number of hydrogen-bond acceptors (Lipinski definition) is 6. The van der Waals surface area contributed by atoms with Crippen molar-refractivity contribution < 1.29 is 24.2 Å². The Balaban J connectivity index is 1.52. The molecule has 1 aliphatic heterocycles. The fourth-order valence-electron chi connectivity index (χ4n) is 3.15. The van der Waals surface area contributed by atoms with Crippen LogP contribution in [0.1, 0.15) is 25.0 Å². The van der Waals surface area contributed by atoms with Crippen molar-refractivity contribution in [2.24, 2.45) is 4.99 Å². The van der Waals surface area contributed by atoms with E-state index in [-0.39, 0.29) is 36.2 Å². The van der Waals surface area contributed by atoms with E-state index in [0.717, 1.165) is 17.5 Å². The van der Waals surface area contributed by atoms with Crippen LogP contribution in [-0.2, 0) is 20.7 Å². The molecule has 0 atom stereocenters. The number of aliphatic hydroxyl groups excluding tert-OH is 1. The standard InChI is InChI=1S/C25H26N2O5/c1-3-31-25(30)23-17(2)27-21(24(23)29)15-19-9-11-20(12-10-19)32-16-22(28)26-14-13-18-7-5-4-6-8-18/h4-12,15,29H,3,13-14,16H2,1-2H3,(H,26,28)/b21-15+. The number of nitrogens with one attached hydrogen (secondary N) is 1. The Kier molecular flexibility index (Phi) is 7.80. The Hall–Kier alpha value is -3.87. The summed E-state index contributed by atoms with van der Waals surface area (Å²) in [6.07, 6.45) is 2.42. The van der Waals surface area contributed by atoms with Gasteiger partial charge < -0.3 is 19.9 Å². The van der Waals surface area contributed by atoms with Gasteiger partial charge in [-0.25, -0.2) is 9.79 Å². The normalized spacial score (nSPS) is 14.3. The lowest BCUT2D eigenvalue weighted by Crippen LogP contribution is -2.30. The van der Waals surface area contributed by atoms with E-state index in [9.17, 15) is 14.7 Å². The van der Waals surface area contributed by atoms with Gasteiger partial charge in [0, 0.05) is 6.54 Å². The lowest BCUT2D eigenvalue weighted by Gasteiger charge is -2.08. The van der Waals surface area contributed by atoms with Crippen molar-refractivity contribution in [3.8, 4) is 5.75 Å². The van der Waals surface area contributed by atoms with Gasteiger partial charge in [0.2, 0.25) is 0 Å². The molecule has 1 amide bonds. The zero-order valence-electron chi connectivity index (χ0n) is 18.1. The molecule has 0 saturated carbocycles. The van der Waals surface area contributed by atoms with Crippen molar-refractivity contribution in [3.63, 3.8) is 0 Å². The van der Waals surface area contributed by atoms with E-state index in [0.29, 0.717) is 18.0 Å². The van der Waals surface area contributed by atoms with Crippen LogP contribution < -0.4 is 10.1 Å². The first-order chi connectivity index (χ1) is 15.5. The van der Waals surface area contributed by atoms with Crippen LogP contribution >= 0.6 is 0 Å². The number of rotatable bonds is 9. The summed E-state index contributed by atoms with van der Waals surface area (Å²) in [6.45, 7) is 4.03.